The van der Waals surface area contributed by atoms with Crippen molar-refractivity contribution in [2.75, 3.05) is 18.4 Å². The van der Waals surface area contributed by atoms with Crippen molar-refractivity contribution in [1.82, 2.24) is 14.9 Å². The van der Waals surface area contributed by atoms with Crippen molar-refractivity contribution in [2.45, 2.75) is 39.5 Å². The van der Waals surface area contributed by atoms with E-state index in [4.69, 9.17) is 11.6 Å². The Bertz CT molecular complexity index is 1060. The van der Waals surface area contributed by atoms with Crippen molar-refractivity contribution < 1.29 is 4.79 Å². The number of anilines is 2. The van der Waals surface area contributed by atoms with Gasteiger partial charge in [0.25, 0.3) is 5.91 Å². The number of fused-ring (bicyclic) bond motifs is 1. The number of carbonyl (C=O) groups is 1. The van der Waals surface area contributed by atoms with Crippen LogP contribution in [0.25, 0.3) is 11.0 Å². The predicted octanol–water partition coefficient (Wildman–Crippen LogP) is 5.66. The lowest BCUT2D eigenvalue weighted by Gasteiger charge is -2.23. The van der Waals surface area contributed by atoms with E-state index in [1.54, 1.807) is 6.20 Å². The number of carbonyl (C=O) groups excluding carboxylic acids is 1. The lowest BCUT2D eigenvalue weighted by atomic mass is 10.1. The fraction of sp³-hybridized carbons (Fsp3) is 0.348. The minimum atomic E-state index is 0.0241. The molecule has 0 unspecified atom stereocenters. The molecule has 6 heteroatoms. The van der Waals surface area contributed by atoms with Gasteiger partial charge < -0.3 is 10.2 Å². The monoisotopic (exact) mass is 408 g/mol. The number of benzene rings is 1. The first-order valence-corrected chi connectivity index (χ1v) is 10.5. The molecule has 1 aliphatic heterocycles. The van der Waals surface area contributed by atoms with Crippen LogP contribution < -0.4 is 5.32 Å². The smallest absolute Gasteiger partial charge is 0.257 e. The maximum atomic E-state index is 13.4. The molecule has 0 saturated carbocycles. The molecule has 0 atom stereocenters. The third-order valence-corrected chi connectivity index (χ3v) is 5.68. The largest absolute Gasteiger partial charge is 0.354 e. The van der Waals surface area contributed by atoms with E-state index in [-0.39, 0.29) is 5.91 Å². The van der Waals surface area contributed by atoms with Gasteiger partial charge in [-0.3, -0.25) is 4.79 Å². The molecule has 1 fully saturated rings. The molecule has 1 aromatic carbocycles. The Hall–Kier alpha value is -2.66. The van der Waals surface area contributed by atoms with Crippen molar-refractivity contribution in [2.24, 2.45) is 0 Å². The standard InChI is InChI=1S/C23H25ClN4O/c1-15-13-17(24)8-10-20(15)27-21-18-9-7-16(2)26-22(18)25-14-19(21)23(29)28-11-5-3-4-6-12-28/h7-10,13-14H,3-6,11-12H2,1-2H3,(H,25,26,27). The molecule has 1 aliphatic rings. The summed E-state index contributed by atoms with van der Waals surface area (Å²) in [7, 11) is 0. The van der Waals surface area contributed by atoms with Crippen LogP contribution in [0.2, 0.25) is 5.02 Å². The maximum absolute atomic E-state index is 13.4. The van der Waals surface area contributed by atoms with Crippen molar-refractivity contribution in [3.05, 3.63) is 58.4 Å². The maximum Gasteiger partial charge on any atom is 0.257 e. The minimum absolute atomic E-state index is 0.0241. The Balaban J connectivity index is 1.81. The Morgan fingerprint density at radius 2 is 1.83 bits per heavy atom. The van der Waals surface area contributed by atoms with Crippen LogP contribution in [0, 0.1) is 13.8 Å². The highest BCUT2D eigenvalue weighted by molar-refractivity contribution is 6.30. The summed E-state index contributed by atoms with van der Waals surface area (Å²) in [6, 6.07) is 9.62. The minimum Gasteiger partial charge on any atom is -0.354 e. The number of rotatable bonds is 3. The molecule has 4 rings (SSSR count). The number of likely N-dealkylation sites (tertiary alicyclic amines) is 1. The molecule has 1 amide bonds. The van der Waals surface area contributed by atoms with Crippen molar-refractivity contribution in [3.8, 4) is 0 Å². The highest BCUT2D eigenvalue weighted by Gasteiger charge is 2.23. The summed E-state index contributed by atoms with van der Waals surface area (Å²) in [5, 5.41) is 5.00. The first-order chi connectivity index (χ1) is 14.0. The predicted molar refractivity (Wildman–Crippen MR) is 118 cm³/mol. The van der Waals surface area contributed by atoms with Crippen LogP contribution in [-0.4, -0.2) is 33.9 Å². The zero-order valence-corrected chi connectivity index (χ0v) is 17.6. The Kier molecular flexibility index (Phi) is 5.67. The van der Waals surface area contributed by atoms with Gasteiger partial charge in [0.1, 0.15) is 0 Å². The zero-order valence-electron chi connectivity index (χ0n) is 16.8. The molecular formula is C23H25ClN4O. The van der Waals surface area contributed by atoms with E-state index >= 15 is 0 Å². The number of nitrogens with zero attached hydrogens (tertiary/aromatic N) is 3. The van der Waals surface area contributed by atoms with Crippen LogP contribution in [0.5, 0.6) is 0 Å². The third kappa shape index (κ3) is 4.20. The van der Waals surface area contributed by atoms with E-state index in [1.807, 2.05) is 49.1 Å². The molecule has 0 bridgehead atoms. The topological polar surface area (TPSA) is 58.1 Å². The number of aryl methyl sites for hydroxylation is 2. The van der Waals surface area contributed by atoms with E-state index < -0.39 is 0 Å². The quantitative estimate of drug-likeness (QED) is 0.607. The van der Waals surface area contributed by atoms with E-state index in [1.165, 1.54) is 12.8 Å². The Labute approximate surface area is 176 Å². The number of halogens is 1. The van der Waals surface area contributed by atoms with Gasteiger partial charge in [0.15, 0.2) is 5.65 Å². The number of nitrogens with one attached hydrogen (secondary N) is 1. The van der Waals surface area contributed by atoms with Gasteiger partial charge in [0.05, 0.1) is 11.3 Å². The van der Waals surface area contributed by atoms with Gasteiger partial charge in [-0.05, 0) is 62.6 Å². The second-order valence-corrected chi connectivity index (χ2v) is 8.10. The number of amides is 1. The summed E-state index contributed by atoms with van der Waals surface area (Å²) < 4.78 is 0. The summed E-state index contributed by atoms with van der Waals surface area (Å²) in [4.78, 5) is 24.4. The molecule has 0 radical (unpaired) electrons. The highest BCUT2D eigenvalue weighted by Crippen LogP contribution is 2.32. The number of hydrogen-bond acceptors (Lipinski definition) is 4. The third-order valence-electron chi connectivity index (χ3n) is 5.44. The summed E-state index contributed by atoms with van der Waals surface area (Å²) in [5.74, 6) is 0.0241. The van der Waals surface area contributed by atoms with Gasteiger partial charge >= 0.3 is 0 Å². The molecule has 3 heterocycles. The van der Waals surface area contributed by atoms with Crippen LogP contribution >= 0.6 is 11.6 Å². The van der Waals surface area contributed by atoms with Crippen molar-refractivity contribution in [3.63, 3.8) is 0 Å². The fourth-order valence-corrected chi connectivity index (χ4v) is 4.04. The summed E-state index contributed by atoms with van der Waals surface area (Å²) in [5.41, 5.74) is 4.78. The van der Waals surface area contributed by atoms with Gasteiger partial charge in [-0.1, -0.05) is 24.4 Å². The van der Waals surface area contributed by atoms with Crippen LogP contribution in [0.15, 0.2) is 36.5 Å². The molecule has 3 aromatic rings. The van der Waals surface area contributed by atoms with Crippen LogP contribution in [0.3, 0.4) is 0 Å². The van der Waals surface area contributed by atoms with Crippen LogP contribution in [-0.2, 0) is 0 Å². The van der Waals surface area contributed by atoms with Gasteiger partial charge in [0.2, 0.25) is 0 Å². The summed E-state index contributed by atoms with van der Waals surface area (Å²) in [6.45, 7) is 5.52. The van der Waals surface area contributed by atoms with Crippen LogP contribution in [0.1, 0.15) is 47.3 Å². The lowest BCUT2D eigenvalue weighted by Crippen LogP contribution is -2.32. The second-order valence-electron chi connectivity index (χ2n) is 7.66. The van der Waals surface area contributed by atoms with Gasteiger partial charge in [-0.25, -0.2) is 9.97 Å². The number of pyridine rings is 2. The molecule has 2 aromatic heterocycles. The Morgan fingerprint density at radius 3 is 2.55 bits per heavy atom. The van der Waals surface area contributed by atoms with E-state index in [2.05, 4.69) is 15.3 Å². The highest BCUT2D eigenvalue weighted by atomic mass is 35.5. The van der Waals surface area contributed by atoms with E-state index in [0.29, 0.717) is 16.2 Å². The molecule has 5 nitrogen and oxygen atoms in total. The lowest BCUT2D eigenvalue weighted by molar-refractivity contribution is 0.0762. The zero-order chi connectivity index (χ0) is 20.4. The molecule has 0 spiro atoms. The normalized spacial score (nSPS) is 14.7. The number of aromatic nitrogens is 2. The van der Waals surface area contributed by atoms with Gasteiger partial charge in [-0.15, -0.1) is 0 Å². The average Bonchev–Trinajstić information content (AvgIpc) is 2.99. The molecule has 29 heavy (non-hydrogen) atoms. The first-order valence-electron chi connectivity index (χ1n) is 10.1. The SMILES string of the molecule is Cc1ccc2c(Nc3ccc(Cl)cc3C)c(C(=O)N3CCCCCC3)cnc2n1. The molecule has 150 valence electrons. The second kappa shape index (κ2) is 8.37. The molecule has 1 saturated heterocycles. The first kappa shape index (κ1) is 19.6. The molecule has 1 N–H and O–H groups in total. The van der Waals surface area contributed by atoms with Crippen molar-refractivity contribution >= 4 is 39.9 Å². The van der Waals surface area contributed by atoms with E-state index in [0.717, 1.165) is 53.9 Å². The average molecular weight is 409 g/mol. The van der Waals surface area contributed by atoms with Gasteiger partial charge in [-0.2, -0.15) is 0 Å². The fourth-order valence-electron chi connectivity index (χ4n) is 3.81. The van der Waals surface area contributed by atoms with Gasteiger partial charge in [0, 0.05) is 41.1 Å². The molecular weight excluding hydrogens is 384 g/mol. The summed E-state index contributed by atoms with van der Waals surface area (Å²) >= 11 is 6.12. The van der Waals surface area contributed by atoms with E-state index in [9.17, 15) is 4.79 Å². The van der Waals surface area contributed by atoms with Crippen molar-refractivity contribution in [1.29, 1.82) is 0 Å². The Morgan fingerprint density at radius 1 is 1.07 bits per heavy atom. The number of hydrogen-bond donors (Lipinski definition) is 1. The van der Waals surface area contributed by atoms with Crippen LogP contribution in [0.4, 0.5) is 11.4 Å². The molecule has 0 aliphatic carbocycles. The summed E-state index contributed by atoms with van der Waals surface area (Å²) in [6.07, 6.45) is 6.12.